The number of aromatic nitrogens is 1. The number of hydrogen-bond donors (Lipinski definition) is 1. The highest BCUT2D eigenvalue weighted by Gasteiger charge is 2.41. The summed E-state index contributed by atoms with van der Waals surface area (Å²) in [4.78, 5) is 15.6. The summed E-state index contributed by atoms with van der Waals surface area (Å²) in [5, 5.41) is 6.11. The second kappa shape index (κ2) is 4.29. The number of nitrogens with zero attached hydrogens (tertiary/aromatic N) is 1. The second-order valence-corrected chi connectivity index (χ2v) is 5.73. The first-order valence-electron chi connectivity index (χ1n) is 6.08. The fraction of sp³-hybridized carbons (Fsp3) is 0.667. The van der Waals surface area contributed by atoms with Crippen molar-refractivity contribution in [2.75, 3.05) is 12.4 Å². The second-order valence-electron chi connectivity index (χ2n) is 4.87. The molecule has 0 atom stereocenters. The Morgan fingerprint density at radius 3 is 2.65 bits per heavy atom. The molecule has 5 heteroatoms. The number of esters is 1. The van der Waals surface area contributed by atoms with Crippen molar-refractivity contribution in [3.8, 4) is 0 Å². The number of rotatable bonds is 5. The Hall–Kier alpha value is -1.10. The van der Waals surface area contributed by atoms with Crippen molar-refractivity contribution in [3.63, 3.8) is 0 Å². The van der Waals surface area contributed by atoms with Crippen LogP contribution in [0.3, 0.4) is 0 Å². The van der Waals surface area contributed by atoms with Crippen LogP contribution in [0.15, 0.2) is 5.38 Å². The number of methoxy groups -OCH3 is 1. The smallest absolute Gasteiger partial charge is 0.357 e. The molecule has 0 unspecified atom stereocenters. The number of anilines is 1. The van der Waals surface area contributed by atoms with E-state index in [1.165, 1.54) is 44.1 Å². The minimum Gasteiger partial charge on any atom is -0.464 e. The molecule has 0 amide bonds. The number of nitrogens with one attached hydrogen (secondary N) is 1. The van der Waals surface area contributed by atoms with Crippen LogP contribution in [0.1, 0.15) is 36.2 Å². The molecule has 1 heterocycles. The minimum absolute atomic E-state index is 0.358. The average molecular weight is 252 g/mol. The summed E-state index contributed by atoms with van der Waals surface area (Å²) >= 11 is 1.49. The number of hydrogen-bond acceptors (Lipinski definition) is 5. The first kappa shape index (κ1) is 11.0. The van der Waals surface area contributed by atoms with Crippen LogP contribution < -0.4 is 5.32 Å². The zero-order chi connectivity index (χ0) is 11.8. The number of ether oxygens (including phenoxy) is 1. The molecule has 3 rings (SSSR count). The van der Waals surface area contributed by atoms with Gasteiger partial charge in [-0.1, -0.05) is 0 Å². The van der Waals surface area contributed by atoms with Crippen LogP contribution >= 0.6 is 11.3 Å². The van der Waals surface area contributed by atoms with E-state index in [1.807, 2.05) is 0 Å². The summed E-state index contributed by atoms with van der Waals surface area (Å²) in [5.74, 6) is 1.30. The molecule has 2 fully saturated rings. The lowest BCUT2D eigenvalue weighted by molar-refractivity contribution is 0.0595. The van der Waals surface area contributed by atoms with Gasteiger partial charge in [0.1, 0.15) is 0 Å². The Kier molecular flexibility index (Phi) is 2.78. The predicted octanol–water partition coefficient (Wildman–Crippen LogP) is 2.53. The molecule has 2 aliphatic carbocycles. The van der Waals surface area contributed by atoms with Crippen LogP contribution in [0.2, 0.25) is 0 Å². The van der Waals surface area contributed by atoms with Crippen molar-refractivity contribution >= 4 is 22.4 Å². The van der Waals surface area contributed by atoms with Crippen molar-refractivity contribution < 1.29 is 9.53 Å². The molecule has 17 heavy (non-hydrogen) atoms. The van der Waals surface area contributed by atoms with Crippen molar-refractivity contribution in [2.45, 2.75) is 31.7 Å². The third-order valence-electron chi connectivity index (χ3n) is 3.45. The van der Waals surface area contributed by atoms with E-state index < -0.39 is 0 Å². The summed E-state index contributed by atoms with van der Waals surface area (Å²) in [6.07, 6.45) is 5.35. The van der Waals surface area contributed by atoms with E-state index in [1.54, 1.807) is 5.38 Å². The third-order valence-corrected chi connectivity index (χ3v) is 4.22. The van der Waals surface area contributed by atoms with Gasteiger partial charge >= 0.3 is 5.97 Å². The molecule has 0 spiro atoms. The normalized spacial score (nSPS) is 19.4. The van der Waals surface area contributed by atoms with Crippen LogP contribution in [-0.4, -0.2) is 24.1 Å². The van der Waals surface area contributed by atoms with Gasteiger partial charge in [0, 0.05) is 11.4 Å². The standard InChI is InChI=1S/C12H16N2O2S/c1-16-11(15)9-6-17-12(13-9)14-10(7-2-3-7)8-4-5-8/h6-8,10H,2-5H2,1H3,(H,13,14). The molecule has 92 valence electrons. The molecule has 0 aliphatic heterocycles. The maximum atomic E-state index is 11.3. The van der Waals surface area contributed by atoms with Gasteiger partial charge in [0.25, 0.3) is 0 Å². The van der Waals surface area contributed by atoms with Gasteiger partial charge < -0.3 is 10.1 Å². The molecule has 2 saturated carbocycles. The highest BCUT2D eigenvalue weighted by Crippen LogP contribution is 2.46. The molecule has 1 aromatic rings. The molecule has 0 saturated heterocycles. The van der Waals surface area contributed by atoms with Gasteiger partial charge in [-0.2, -0.15) is 0 Å². The van der Waals surface area contributed by atoms with E-state index in [0.29, 0.717) is 11.7 Å². The van der Waals surface area contributed by atoms with E-state index >= 15 is 0 Å². The van der Waals surface area contributed by atoms with E-state index in [9.17, 15) is 4.79 Å². The van der Waals surface area contributed by atoms with E-state index in [-0.39, 0.29) is 5.97 Å². The van der Waals surface area contributed by atoms with Gasteiger partial charge in [0.2, 0.25) is 0 Å². The van der Waals surface area contributed by atoms with E-state index in [4.69, 9.17) is 0 Å². The predicted molar refractivity (Wildman–Crippen MR) is 66.3 cm³/mol. The van der Waals surface area contributed by atoms with Crippen molar-refractivity contribution in [1.29, 1.82) is 0 Å². The lowest BCUT2D eigenvalue weighted by atomic mass is 10.1. The summed E-state index contributed by atoms with van der Waals surface area (Å²) < 4.78 is 4.65. The zero-order valence-corrected chi connectivity index (χ0v) is 10.6. The van der Waals surface area contributed by atoms with Crippen molar-refractivity contribution in [3.05, 3.63) is 11.1 Å². The Labute approximate surface area is 104 Å². The summed E-state index contributed by atoms with van der Waals surface area (Å²) in [6, 6.07) is 0.576. The first-order chi connectivity index (χ1) is 8.28. The molecular weight excluding hydrogens is 236 g/mol. The Balaban J connectivity index is 1.67. The molecule has 1 aromatic heterocycles. The summed E-state index contributed by atoms with van der Waals surface area (Å²) in [6.45, 7) is 0. The average Bonchev–Trinajstić information content (AvgIpc) is 3.25. The fourth-order valence-electron chi connectivity index (χ4n) is 2.21. The molecule has 0 radical (unpaired) electrons. The van der Waals surface area contributed by atoms with E-state index in [0.717, 1.165) is 17.0 Å². The lowest BCUT2D eigenvalue weighted by Gasteiger charge is -2.16. The zero-order valence-electron chi connectivity index (χ0n) is 9.81. The lowest BCUT2D eigenvalue weighted by Crippen LogP contribution is -2.24. The maximum absolute atomic E-state index is 11.3. The highest BCUT2D eigenvalue weighted by atomic mass is 32.1. The van der Waals surface area contributed by atoms with Crippen molar-refractivity contribution in [2.24, 2.45) is 11.8 Å². The number of carbonyl (C=O) groups excluding carboxylic acids is 1. The molecule has 0 bridgehead atoms. The minimum atomic E-state index is -0.358. The first-order valence-corrected chi connectivity index (χ1v) is 6.96. The van der Waals surface area contributed by atoms with E-state index in [2.05, 4.69) is 15.0 Å². The molecule has 2 aliphatic rings. The fourth-order valence-corrected chi connectivity index (χ4v) is 2.94. The summed E-state index contributed by atoms with van der Waals surface area (Å²) in [5.41, 5.74) is 0.408. The molecular formula is C12H16N2O2S. The monoisotopic (exact) mass is 252 g/mol. The maximum Gasteiger partial charge on any atom is 0.357 e. The Morgan fingerprint density at radius 2 is 2.12 bits per heavy atom. The largest absolute Gasteiger partial charge is 0.464 e. The van der Waals surface area contributed by atoms with Gasteiger partial charge in [0.05, 0.1) is 7.11 Å². The highest BCUT2D eigenvalue weighted by molar-refractivity contribution is 7.13. The van der Waals surface area contributed by atoms with Gasteiger partial charge in [-0.15, -0.1) is 11.3 Å². The van der Waals surface area contributed by atoms with Crippen LogP contribution in [0.5, 0.6) is 0 Å². The SMILES string of the molecule is COC(=O)c1csc(NC(C2CC2)C2CC2)n1. The molecule has 4 nitrogen and oxygen atoms in total. The van der Waals surface area contributed by atoms with Gasteiger partial charge in [-0.3, -0.25) is 0 Å². The summed E-state index contributed by atoms with van der Waals surface area (Å²) in [7, 11) is 1.38. The van der Waals surface area contributed by atoms with Crippen LogP contribution in [0.4, 0.5) is 5.13 Å². The quantitative estimate of drug-likeness (QED) is 0.818. The van der Waals surface area contributed by atoms with Crippen LogP contribution in [0, 0.1) is 11.8 Å². The van der Waals surface area contributed by atoms with Gasteiger partial charge in [-0.25, -0.2) is 9.78 Å². The molecule has 1 N–H and O–H groups in total. The van der Waals surface area contributed by atoms with Gasteiger partial charge in [-0.05, 0) is 37.5 Å². The van der Waals surface area contributed by atoms with Gasteiger partial charge in [0.15, 0.2) is 10.8 Å². The van der Waals surface area contributed by atoms with Crippen LogP contribution in [-0.2, 0) is 4.74 Å². The molecule has 0 aromatic carbocycles. The Morgan fingerprint density at radius 1 is 1.47 bits per heavy atom. The topological polar surface area (TPSA) is 51.2 Å². The Bertz CT molecular complexity index is 412. The third kappa shape index (κ3) is 2.44. The van der Waals surface area contributed by atoms with Crippen molar-refractivity contribution in [1.82, 2.24) is 4.98 Å². The van der Waals surface area contributed by atoms with Crippen LogP contribution in [0.25, 0.3) is 0 Å². The number of thiazole rings is 1. The number of carbonyl (C=O) groups is 1.